The van der Waals surface area contributed by atoms with E-state index in [1.807, 2.05) is 61.2 Å². The number of hydrogen-bond donors (Lipinski definition) is 0. The average Bonchev–Trinajstić information content (AvgIpc) is 2.88. The Hall–Kier alpha value is -2.99. The maximum atomic E-state index is 13.9. The SMILES string of the molecule is CCCCC(CC)C(=O)N(CCCOC)C(C)c1nc2ccccc2c(=O)n1-c1ccc(C)c(C)c1. The first-order chi connectivity index (χ1) is 17.3. The van der Waals surface area contributed by atoms with Crippen LogP contribution < -0.4 is 5.56 Å². The number of unbranched alkanes of at least 4 members (excludes halogenated alkanes) is 1. The normalized spacial score (nSPS) is 13.1. The van der Waals surface area contributed by atoms with E-state index in [0.717, 1.165) is 48.9 Å². The van der Waals surface area contributed by atoms with E-state index < -0.39 is 0 Å². The highest BCUT2D eigenvalue weighted by Crippen LogP contribution is 2.27. The van der Waals surface area contributed by atoms with Crippen molar-refractivity contribution in [2.24, 2.45) is 5.92 Å². The summed E-state index contributed by atoms with van der Waals surface area (Å²) in [6, 6.07) is 13.1. The minimum Gasteiger partial charge on any atom is -0.385 e. The third-order valence-corrected chi connectivity index (χ3v) is 7.17. The van der Waals surface area contributed by atoms with Crippen molar-refractivity contribution in [2.45, 2.75) is 72.8 Å². The lowest BCUT2D eigenvalue weighted by atomic mass is 9.96. The van der Waals surface area contributed by atoms with Gasteiger partial charge in [0.25, 0.3) is 5.56 Å². The van der Waals surface area contributed by atoms with Crippen molar-refractivity contribution in [1.29, 1.82) is 0 Å². The van der Waals surface area contributed by atoms with Crippen LogP contribution in [0.5, 0.6) is 0 Å². The molecule has 0 aliphatic rings. The molecule has 36 heavy (non-hydrogen) atoms. The Morgan fingerprint density at radius 2 is 1.83 bits per heavy atom. The summed E-state index contributed by atoms with van der Waals surface area (Å²) in [5.74, 6) is 0.666. The number of hydrogen-bond acceptors (Lipinski definition) is 4. The molecular formula is C30H41N3O3. The number of nitrogens with zero attached hydrogens (tertiary/aromatic N) is 3. The van der Waals surface area contributed by atoms with Crippen molar-refractivity contribution in [2.75, 3.05) is 20.3 Å². The summed E-state index contributed by atoms with van der Waals surface area (Å²) in [7, 11) is 1.67. The largest absolute Gasteiger partial charge is 0.385 e. The zero-order chi connectivity index (χ0) is 26.2. The predicted molar refractivity (Wildman–Crippen MR) is 147 cm³/mol. The van der Waals surface area contributed by atoms with Crippen molar-refractivity contribution in [3.63, 3.8) is 0 Å². The Labute approximate surface area is 215 Å². The van der Waals surface area contributed by atoms with Crippen molar-refractivity contribution >= 4 is 16.8 Å². The summed E-state index contributed by atoms with van der Waals surface area (Å²) in [6.45, 7) is 11.4. The van der Waals surface area contributed by atoms with Crippen molar-refractivity contribution in [3.8, 4) is 5.69 Å². The van der Waals surface area contributed by atoms with Gasteiger partial charge in [-0.2, -0.15) is 0 Å². The number of fused-ring (bicyclic) bond motifs is 1. The molecule has 0 fully saturated rings. The maximum absolute atomic E-state index is 13.9. The van der Waals surface area contributed by atoms with Crippen LogP contribution in [0, 0.1) is 19.8 Å². The molecule has 0 aliphatic carbocycles. The molecule has 0 saturated heterocycles. The fourth-order valence-corrected chi connectivity index (χ4v) is 4.74. The van der Waals surface area contributed by atoms with Gasteiger partial charge in [-0.15, -0.1) is 0 Å². The van der Waals surface area contributed by atoms with Crippen LogP contribution in [0.4, 0.5) is 0 Å². The monoisotopic (exact) mass is 491 g/mol. The van der Waals surface area contributed by atoms with E-state index in [0.29, 0.717) is 29.9 Å². The molecule has 0 N–H and O–H groups in total. The lowest BCUT2D eigenvalue weighted by Gasteiger charge is -2.33. The van der Waals surface area contributed by atoms with Crippen LogP contribution in [-0.2, 0) is 9.53 Å². The van der Waals surface area contributed by atoms with Crippen LogP contribution >= 0.6 is 0 Å². The second kappa shape index (κ2) is 12.8. The quantitative estimate of drug-likeness (QED) is 0.285. The van der Waals surface area contributed by atoms with Crippen molar-refractivity contribution in [3.05, 3.63) is 69.8 Å². The van der Waals surface area contributed by atoms with Crippen molar-refractivity contribution in [1.82, 2.24) is 14.5 Å². The summed E-state index contributed by atoms with van der Waals surface area (Å²) >= 11 is 0. The Bertz CT molecular complexity index is 1230. The smallest absolute Gasteiger partial charge is 0.266 e. The van der Waals surface area contributed by atoms with Crippen LogP contribution in [0.2, 0.25) is 0 Å². The van der Waals surface area contributed by atoms with Gasteiger partial charge in [-0.05, 0) is 75.4 Å². The lowest BCUT2D eigenvalue weighted by Crippen LogP contribution is -2.41. The van der Waals surface area contributed by atoms with Gasteiger partial charge < -0.3 is 9.64 Å². The highest BCUT2D eigenvalue weighted by Gasteiger charge is 2.30. The molecule has 194 valence electrons. The number of rotatable bonds is 12. The molecule has 3 aromatic rings. The van der Waals surface area contributed by atoms with Crippen LogP contribution in [0.1, 0.15) is 75.9 Å². The topological polar surface area (TPSA) is 64.4 Å². The molecule has 2 atom stereocenters. The molecule has 1 amide bonds. The third kappa shape index (κ3) is 6.04. The standard InChI is InChI=1S/C30H41N3O3/c1-7-9-13-24(8-2)29(34)32(18-12-19-36-6)23(5)28-31-27-15-11-10-14-26(27)30(35)33(28)25-17-16-21(3)22(4)20-25/h10-11,14-17,20,23-24H,7-9,12-13,18-19H2,1-6H3. The number of aryl methyl sites for hydroxylation is 2. The first-order valence-corrected chi connectivity index (χ1v) is 13.2. The van der Waals surface area contributed by atoms with E-state index in [2.05, 4.69) is 20.8 Å². The van der Waals surface area contributed by atoms with E-state index in [4.69, 9.17) is 9.72 Å². The van der Waals surface area contributed by atoms with Crippen molar-refractivity contribution < 1.29 is 9.53 Å². The highest BCUT2D eigenvalue weighted by atomic mass is 16.5. The number of carbonyl (C=O) groups is 1. The van der Waals surface area contributed by atoms with Gasteiger partial charge in [-0.1, -0.05) is 44.9 Å². The van der Waals surface area contributed by atoms with Gasteiger partial charge in [-0.3, -0.25) is 14.2 Å². The molecule has 1 heterocycles. The first kappa shape index (κ1) is 27.6. The number of aromatic nitrogens is 2. The molecular weight excluding hydrogens is 450 g/mol. The number of ether oxygens (including phenoxy) is 1. The molecule has 3 rings (SSSR count). The van der Waals surface area contributed by atoms with Gasteiger partial charge in [0, 0.05) is 26.2 Å². The second-order valence-corrected chi connectivity index (χ2v) is 9.70. The van der Waals surface area contributed by atoms with Crippen LogP contribution in [-0.4, -0.2) is 40.6 Å². The fourth-order valence-electron chi connectivity index (χ4n) is 4.74. The molecule has 0 spiro atoms. The molecule has 6 nitrogen and oxygen atoms in total. The summed E-state index contributed by atoms with van der Waals surface area (Å²) in [5.41, 5.74) is 3.56. The minimum atomic E-state index is -0.385. The number of para-hydroxylation sites is 1. The maximum Gasteiger partial charge on any atom is 0.266 e. The van der Waals surface area contributed by atoms with Gasteiger partial charge in [0.1, 0.15) is 5.82 Å². The van der Waals surface area contributed by atoms with Crippen LogP contribution in [0.25, 0.3) is 16.6 Å². The van der Waals surface area contributed by atoms with E-state index in [1.54, 1.807) is 11.7 Å². The summed E-state index contributed by atoms with van der Waals surface area (Å²) in [5, 5.41) is 0.568. The lowest BCUT2D eigenvalue weighted by molar-refractivity contribution is -0.138. The van der Waals surface area contributed by atoms with Crippen LogP contribution in [0.3, 0.4) is 0 Å². The van der Waals surface area contributed by atoms with Gasteiger partial charge >= 0.3 is 0 Å². The van der Waals surface area contributed by atoms with Gasteiger partial charge in [0.2, 0.25) is 5.91 Å². The zero-order valence-electron chi connectivity index (χ0n) is 22.7. The minimum absolute atomic E-state index is 0.0443. The summed E-state index contributed by atoms with van der Waals surface area (Å²) in [4.78, 5) is 34.6. The molecule has 0 saturated carbocycles. The molecule has 0 aliphatic heterocycles. The Morgan fingerprint density at radius 1 is 1.08 bits per heavy atom. The molecule has 6 heteroatoms. The van der Waals surface area contributed by atoms with E-state index >= 15 is 0 Å². The molecule has 0 radical (unpaired) electrons. The molecule has 2 unspecified atom stereocenters. The van der Waals surface area contributed by atoms with Crippen LogP contribution in [0.15, 0.2) is 47.3 Å². The fraction of sp³-hybridized carbons (Fsp3) is 0.500. The predicted octanol–water partition coefficient (Wildman–Crippen LogP) is 6.15. The Morgan fingerprint density at radius 3 is 2.50 bits per heavy atom. The zero-order valence-corrected chi connectivity index (χ0v) is 22.7. The first-order valence-electron chi connectivity index (χ1n) is 13.2. The average molecular weight is 492 g/mol. The molecule has 2 aromatic carbocycles. The third-order valence-electron chi connectivity index (χ3n) is 7.17. The van der Waals surface area contributed by atoms with Gasteiger partial charge in [0.15, 0.2) is 0 Å². The van der Waals surface area contributed by atoms with E-state index in [-0.39, 0.29) is 23.4 Å². The Kier molecular flexibility index (Phi) is 9.82. The number of carbonyl (C=O) groups excluding carboxylic acids is 1. The summed E-state index contributed by atoms with van der Waals surface area (Å²) < 4.78 is 6.99. The second-order valence-electron chi connectivity index (χ2n) is 9.70. The summed E-state index contributed by atoms with van der Waals surface area (Å²) in [6.07, 6.45) is 4.46. The highest BCUT2D eigenvalue weighted by molar-refractivity contribution is 5.80. The number of amides is 1. The van der Waals surface area contributed by atoms with E-state index in [1.165, 1.54) is 0 Å². The van der Waals surface area contributed by atoms with Gasteiger partial charge in [-0.25, -0.2) is 4.98 Å². The number of methoxy groups -OCH3 is 1. The molecule has 1 aromatic heterocycles. The molecule has 0 bridgehead atoms. The van der Waals surface area contributed by atoms with Gasteiger partial charge in [0.05, 0.1) is 22.6 Å². The van der Waals surface area contributed by atoms with E-state index in [9.17, 15) is 9.59 Å². The number of benzene rings is 2. The Balaban J connectivity index is 2.18.